The average Bonchev–Trinajstić information content (AvgIpc) is 2.17. The van der Waals surface area contributed by atoms with Gasteiger partial charge in [-0.2, -0.15) is 0 Å². The first kappa shape index (κ1) is 13.8. The number of rotatable bonds is 9. The van der Waals surface area contributed by atoms with Crippen LogP contribution in [0.3, 0.4) is 0 Å². The first-order valence-corrected chi connectivity index (χ1v) is 6.17. The molecule has 0 rings (SSSR count). The van der Waals surface area contributed by atoms with Gasteiger partial charge in [0, 0.05) is 18.8 Å². The Labute approximate surface area is 92.4 Å². The number of alkyl halides is 1. The van der Waals surface area contributed by atoms with Gasteiger partial charge in [-0.1, -0.05) is 39.0 Å². The Bertz CT molecular complexity index is 139. The van der Waals surface area contributed by atoms with Crippen LogP contribution in [0.5, 0.6) is 0 Å². The molecule has 84 valence electrons. The molecule has 0 radical (unpaired) electrons. The third kappa shape index (κ3) is 9.85. The third-order valence-electron chi connectivity index (χ3n) is 2.17. The molecule has 0 atom stereocenters. The fourth-order valence-electron chi connectivity index (χ4n) is 1.31. The van der Waals surface area contributed by atoms with Crippen LogP contribution in [-0.2, 0) is 4.79 Å². The summed E-state index contributed by atoms with van der Waals surface area (Å²) in [5.74, 6) is 0.496. The smallest absolute Gasteiger partial charge is 0.221 e. The van der Waals surface area contributed by atoms with E-state index in [2.05, 4.69) is 12.2 Å². The Morgan fingerprint density at radius 2 is 1.79 bits per heavy atom. The van der Waals surface area contributed by atoms with Gasteiger partial charge in [0.1, 0.15) is 0 Å². The summed E-state index contributed by atoms with van der Waals surface area (Å²) in [4.78, 5) is 11.0. The molecule has 0 unspecified atom stereocenters. The van der Waals surface area contributed by atoms with Gasteiger partial charge in [0.2, 0.25) is 5.91 Å². The van der Waals surface area contributed by atoms with Crippen LogP contribution in [0.1, 0.15) is 51.9 Å². The maximum absolute atomic E-state index is 11.0. The molecule has 3 heteroatoms. The van der Waals surface area contributed by atoms with Crippen LogP contribution in [0.15, 0.2) is 0 Å². The van der Waals surface area contributed by atoms with Crippen molar-refractivity contribution >= 4 is 17.5 Å². The van der Waals surface area contributed by atoms with Crippen molar-refractivity contribution in [2.45, 2.75) is 51.9 Å². The Balaban J connectivity index is 3.01. The Morgan fingerprint density at radius 1 is 1.14 bits per heavy atom. The van der Waals surface area contributed by atoms with Crippen molar-refractivity contribution in [1.82, 2.24) is 5.32 Å². The average molecular weight is 220 g/mol. The molecule has 0 saturated heterocycles. The second kappa shape index (κ2) is 10.8. The molecule has 0 spiro atoms. The zero-order valence-electron chi connectivity index (χ0n) is 9.15. The molecule has 0 aliphatic heterocycles. The summed E-state index contributed by atoms with van der Waals surface area (Å²) in [6, 6.07) is 0. The van der Waals surface area contributed by atoms with Crippen LogP contribution < -0.4 is 5.32 Å². The standard InChI is InChI=1S/C11H22ClNO/c1-2-3-4-5-6-7-10-13-11(14)8-9-12/h2-10H2,1H3,(H,13,14). The monoisotopic (exact) mass is 219 g/mol. The first-order valence-electron chi connectivity index (χ1n) is 5.64. The number of hydrogen-bond acceptors (Lipinski definition) is 1. The van der Waals surface area contributed by atoms with E-state index < -0.39 is 0 Å². The lowest BCUT2D eigenvalue weighted by Crippen LogP contribution is -2.24. The lowest BCUT2D eigenvalue weighted by molar-refractivity contribution is -0.120. The van der Waals surface area contributed by atoms with Crippen LogP contribution in [0.25, 0.3) is 0 Å². The minimum Gasteiger partial charge on any atom is -0.356 e. The summed E-state index contributed by atoms with van der Waals surface area (Å²) in [5.41, 5.74) is 0. The molecule has 0 aliphatic carbocycles. The van der Waals surface area contributed by atoms with E-state index in [9.17, 15) is 4.79 Å². The Morgan fingerprint density at radius 3 is 2.43 bits per heavy atom. The summed E-state index contributed by atoms with van der Waals surface area (Å²) in [6.07, 6.45) is 7.99. The van der Waals surface area contributed by atoms with E-state index in [1.165, 1.54) is 32.1 Å². The molecule has 2 nitrogen and oxygen atoms in total. The predicted molar refractivity (Wildman–Crippen MR) is 61.7 cm³/mol. The van der Waals surface area contributed by atoms with Gasteiger partial charge in [0.05, 0.1) is 0 Å². The maximum atomic E-state index is 11.0. The van der Waals surface area contributed by atoms with Gasteiger partial charge in [0.15, 0.2) is 0 Å². The van der Waals surface area contributed by atoms with Gasteiger partial charge < -0.3 is 5.32 Å². The fourth-order valence-corrected chi connectivity index (χ4v) is 1.48. The second-order valence-electron chi connectivity index (χ2n) is 3.56. The van der Waals surface area contributed by atoms with E-state index in [1.54, 1.807) is 0 Å². The third-order valence-corrected chi connectivity index (χ3v) is 2.36. The molecular weight excluding hydrogens is 198 g/mol. The normalized spacial score (nSPS) is 10.1. The summed E-state index contributed by atoms with van der Waals surface area (Å²) in [6.45, 7) is 3.02. The van der Waals surface area contributed by atoms with E-state index in [0.29, 0.717) is 12.3 Å². The SMILES string of the molecule is CCCCCCCCNC(=O)CCCl. The molecule has 0 aliphatic rings. The quantitative estimate of drug-likeness (QED) is 0.469. The van der Waals surface area contributed by atoms with Gasteiger partial charge in [-0.15, -0.1) is 11.6 Å². The van der Waals surface area contributed by atoms with Crippen LogP contribution in [-0.4, -0.2) is 18.3 Å². The summed E-state index contributed by atoms with van der Waals surface area (Å²) in [7, 11) is 0. The highest BCUT2D eigenvalue weighted by Gasteiger charge is 1.97. The zero-order chi connectivity index (χ0) is 10.6. The molecule has 1 N–H and O–H groups in total. The van der Waals surface area contributed by atoms with Gasteiger partial charge >= 0.3 is 0 Å². The Kier molecular flexibility index (Phi) is 10.7. The minimum absolute atomic E-state index is 0.0774. The highest BCUT2D eigenvalue weighted by atomic mass is 35.5. The van der Waals surface area contributed by atoms with Gasteiger partial charge in [-0.3, -0.25) is 4.79 Å². The number of carbonyl (C=O) groups excluding carboxylic acids is 1. The molecular formula is C11H22ClNO. The molecule has 1 amide bonds. The van der Waals surface area contributed by atoms with Crippen LogP contribution in [0.2, 0.25) is 0 Å². The van der Waals surface area contributed by atoms with Crippen molar-refractivity contribution < 1.29 is 4.79 Å². The van der Waals surface area contributed by atoms with Crippen molar-refractivity contribution in [3.63, 3.8) is 0 Å². The number of halogens is 1. The van der Waals surface area contributed by atoms with Crippen LogP contribution in [0.4, 0.5) is 0 Å². The van der Waals surface area contributed by atoms with E-state index in [0.717, 1.165) is 13.0 Å². The molecule has 0 bridgehead atoms. The number of carbonyl (C=O) groups is 1. The highest BCUT2D eigenvalue weighted by Crippen LogP contribution is 2.03. The minimum atomic E-state index is 0.0774. The lowest BCUT2D eigenvalue weighted by atomic mass is 10.1. The number of amides is 1. The van der Waals surface area contributed by atoms with Crippen molar-refractivity contribution in [1.29, 1.82) is 0 Å². The van der Waals surface area contributed by atoms with Crippen molar-refractivity contribution in [2.75, 3.05) is 12.4 Å². The van der Waals surface area contributed by atoms with Gasteiger partial charge in [-0.05, 0) is 6.42 Å². The largest absolute Gasteiger partial charge is 0.356 e. The van der Waals surface area contributed by atoms with Gasteiger partial charge in [0.25, 0.3) is 0 Å². The molecule has 0 fully saturated rings. The Hall–Kier alpha value is -0.240. The molecule has 0 aromatic heterocycles. The second-order valence-corrected chi connectivity index (χ2v) is 3.93. The number of unbranched alkanes of at least 4 members (excludes halogenated alkanes) is 5. The summed E-state index contributed by atoms with van der Waals surface area (Å²) >= 11 is 5.43. The lowest BCUT2D eigenvalue weighted by Gasteiger charge is -2.03. The zero-order valence-corrected chi connectivity index (χ0v) is 9.91. The summed E-state index contributed by atoms with van der Waals surface area (Å²) in [5, 5.41) is 2.85. The summed E-state index contributed by atoms with van der Waals surface area (Å²) < 4.78 is 0. The van der Waals surface area contributed by atoms with Crippen molar-refractivity contribution in [3.05, 3.63) is 0 Å². The van der Waals surface area contributed by atoms with Crippen LogP contribution >= 0.6 is 11.6 Å². The van der Waals surface area contributed by atoms with Crippen molar-refractivity contribution in [3.8, 4) is 0 Å². The van der Waals surface area contributed by atoms with Crippen molar-refractivity contribution in [2.24, 2.45) is 0 Å². The molecule has 14 heavy (non-hydrogen) atoms. The van der Waals surface area contributed by atoms with E-state index >= 15 is 0 Å². The topological polar surface area (TPSA) is 29.1 Å². The van der Waals surface area contributed by atoms with E-state index in [-0.39, 0.29) is 5.91 Å². The fraction of sp³-hybridized carbons (Fsp3) is 0.909. The molecule has 0 aromatic carbocycles. The van der Waals surface area contributed by atoms with Crippen LogP contribution in [0, 0.1) is 0 Å². The highest BCUT2D eigenvalue weighted by molar-refractivity contribution is 6.18. The molecule has 0 aromatic rings. The van der Waals surface area contributed by atoms with Gasteiger partial charge in [-0.25, -0.2) is 0 Å². The van der Waals surface area contributed by atoms with E-state index in [1.807, 2.05) is 0 Å². The number of nitrogens with one attached hydrogen (secondary N) is 1. The first-order chi connectivity index (χ1) is 6.81. The molecule has 0 saturated carbocycles. The maximum Gasteiger partial charge on any atom is 0.221 e. The molecule has 0 heterocycles. The predicted octanol–water partition coefficient (Wildman–Crippen LogP) is 3.09. The van der Waals surface area contributed by atoms with E-state index in [4.69, 9.17) is 11.6 Å². The number of hydrogen-bond donors (Lipinski definition) is 1.